The van der Waals surface area contributed by atoms with Gasteiger partial charge in [-0.25, -0.2) is 9.97 Å². The Bertz CT molecular complexity index is 1890. The summed E-state index contributed by atoms with van der Waals surface area (Å²) in [5.41, 5.74) is -1.03. The Hall–Kier alpha value is -4.88. The molecule has 8 bridgehead atoms. The monoisotopic (exact) mass is 646 g/mol. The number of aryl methyl sites for hydroxylation is 2. The second-order valence-electron chi connectivity index (χ2n) is 11.2. The molecule has 8 nitrogen and oxygen atoms in total. The second kappa shape index (κ2) is 11.5. The number of carbonyl (C=O) groups is 2. The number of hydrogen-bond donors (Lipinski definition) is 4. The van der Waals surface area contributed by atoms with Gasteiger partial charge in [0.2, 0.25) is 0 Å². The summed E-state index contributed by atoms with van der Waals surface area (Å²) in [6, 6.07) is 5.01. The molecule has 0 amide bonds. The first-order valence-corrected chi connectivity index (χ1v) is 14.1. The summed E-state index contributed by atoms with van der Waals surface area (Å²) in [7, 11) is 0. The van der Waals surface area contributed by atoms with Crippen LogP contribution in [0.3, 0.4) is 0 Å². The van der Waals surface area contributed by atoms with Gasteiger partial charge in [-0.15, -0.1) is 0 Å². The fourth-order valence-corrected chi connectivity index (χ4v) is 5.93. The Balaban J connectivity index is 1.99. The second-order valence-corrected chi connectivity index (χ2v) is 11.2. The summed E-state index contributed by atoms with van der Waals surface area (Å²) in [6.07, 6.45) is -10.3. The number of aliphatic carboxylic acids is 2. The number of H-pyrrole nitrogens is 2. The summed E-state index contributed by atoms with van der Waals surface area (Å²) in [6.45, 7) is 5.64. The van der Waals surface area contributed by atoms with E-state index < -0.39 is 35.4 Å². The summed E-state index contributed by atoms with van der Waals surface area (Å²) in [5.74, 6) is -2.23. The van der Waals surface area contributed by atoms with E-state index in [4.69, 9.17) is 0 Å². The van der Waals surface area contributed by atoms with E-state index in [1.54, 1.807) is 13.8 Å². The molecule has 242 valence electrons. The molecular weight excluding hydrogens is 618 g/mol. The Morgan fingerprint density at radius 3 is 1.30 bits per heavy atom. The molecule has 2 aliphatic heterocycles. The van der Waals surface area contributed by atoms with Crippen molar-refractivity contribution in [2.45, 2.75) is 65.7 Å². The minimum absolute atomic E-state index is 0.0228. The van der Waals surface area contributed by atoms with Gasteiger partial charge < -0.3 is 20.2 Å². The van der Waals surface area contributed by atoms with E-state index in [1.807, 2.05) is 0 Å². The van der Waals surface area contributed by atoms with E-state index in [9.17, 15) is 46.1 Å². The number of rotatable bonds is 6. The van der Waals surface area contributed by atoms with Crippen molar-refractivity contribution in [1.82, 2.24) is 19.9 Å². The third kappa shape index (κ3) is 6.03. The van der Waals surface area contributed by atoms with Crippen LogP contribution in [0.1, 0.15) is 84.6 Å². The number of aromatic nitrogens is 4. The summed E-state index contributed by atoms with van der Waals surface area (Å²) < 4.78 is 86.3. The van der Waals surface area contributed by atoms with Crippen LogP contribution in [0, 0.1) is 13.8 Å². The molecule has 0 saturated carbocycles. The average Bonchev–Trinajstić information content (AvgIpc) is 3.59. The minimum atomic E-state index is -4.84. The van der Waals surface area contributed by atoms with Crippen molar-refractivity contribution >= 4 is 56.3 Å². The molecule has 0 radical (unpaired) electrons. The van der Waals surface area contributed by atoms with Crippen molar-refractivity contribution in [2.75, 3.05) is 0 Å². The third-order valence-electron chi connectivity index (χ3n) is 8.28. The van der Waals surface area contributed by atoms with Crippen molar-refractivity contribution < 1.29 is 46.1 Å². The first-order chi connectivity index (χ1) is 21.4. The van der Waals surface area contributed by atoms with Crippen LogP contribution < -0.4 is 0 Å². The molecular formula is C32H28F6N4O4. The number of nitrogens with zero attached hydrogens (tertiary/aromatic N) is 2. The Kier molecular flexibility index (Phi) is 8.12. The zero-order valence-corrected chi connectivity index (χ0v) is 25.0. The lowest BCUT2D eigenvalue weighted by molar-refractivity contribution is -0.137. The van der Waals surface area contributed by atoms with Crippen LogP contribution in [0.4, 0.5) is 26.3 Å². The highest BCUT2D eigenvalue weighted by molar-refractivity contribution is 5.96. The number of alkyl halides is 6. The molecule has 0 saturated heterocycles. The lowest BCUT2D eigenvalue weighted by Crippen LogP contribution is -2.05. The van der Waals surface area contributed by atoms with Gasteiger partial charge in [0.05, 0.1) is 44.9 Å². The van der Waals surface area contributed by atoms with Crippen LogP contribution in [-0.2, 0) is 21.9 Å². The predicted molar refractivity (Wildman–Crippen MR) is 159 cm³/mol. The van der Waals surface area contributed by atoms with E-state index in [2.05, 4.69) is 19.9 Å². The Morgan fingerprint density at radius 1 is 0.609 bits per heavy atom. The molecule has 3 aromatic heterocycles. The average molecular weight is 647 g/mol. The molecule has 3 aromatic rings. The molecule has 0 atom stereocenters. The van der Waals surface area contributed by atoms with Gasteiger partial charge in [0.15, 0.2) is 0 Å². The van der Waals surface area contributed by atoms with Crippen molar-refractivity contribution in [1.29, 1.82) is 0 Å². The quantitative estimate of drug-likeness (QED) is 0.199. The van der Waals surface area contributed by atoms with Crippen LogP contribution in [-0.4, -0.2) is 42.1 Å². The zero-order chi connectivity index (χ0) is 33.9. The molecule has 46 heavy (non-hydrogen) atoms. The highest BCUT2D eigenvalue weighted by atomic mass is 19.4. The van der Waals surface area contributed by atoms with Crippen molar-refractivity contribution in [3.8, 4) is 0 Å². The molecule has 2 aliphatic rings. The first kappa shape index (κ1) is 32.5. The van der Waals surface area contributed by atoms with Crippen molar-refractivity contribution in [2.24, 2.45) is 0 Å². The maximum atomic E-state index is 14.4. The number of aromatic amines is 2. The van der Waals surface area contributed by atoms with Gasteiger partial charge >= 0.3 is 24.3 Å². The van der Waals surface area contributed by atoms with E-state index in [0.717, 1.165) is 0 Å². The van der Waals surface area contributed by atoms with Crippen molar-refractivity contribution in [3.05, 3.63) is 69.3 Å². The smallest absolute Gasteiger partial charge is 0.418 e. The third-order valence-corrected chi connectivity index (χ3v) is 8.28. The van der Waals surface area contributed by atoms with E-state index in [1.165, 1.54) is 38.1 Å². The zero-order valence-electron chi connectivity index (χ0n) is 25.0. The molecule has 14 heteroatoms. The predicted octanol–water partition coefficient (Wildman–Crippen LogP) is 8.56. The highest BCUT2D eigenvalue weighted by Crippen LogP contribution is 2.42. The Morgan fingerprint density at radius 2 is 0.978 bits per heavy atom. The molecule has 0 aromatic carbocycles. The number of nitrogens with one attached hydrogen (secondary N) is 2. The highest BCUT2D eigenvalue weighted by Gasteiger charge is 2.37. The molecule has 4 N–H and O–H groups in total. The number of fused-ring (bicyclic) bond motifs is 8. The number of halogens is 6. The number of hydrogen-bond acceptors (Lipinski definition) is 4. The molecule has 5 rings (SSSR count). The molecule has 0 aliphatic carbocycles. The van der Waals surface area contributed by atoms with Crippen LogP contribution >= 0.6 is 0 Å². The summed E-state index contributed by atoms with van der Waals surface area (Å²) in [4.78, 5) is 37.4. The van der Waals surface area contributed by atoms with Gasteiger partial charge in [0, 0.05) is 23.9 Å². The normalized spacial score (nSPS) is 14.0. The van der Waals surface area contributed by atoms with Gasteiger partial charge in [-0.2, -0.15) is 26.3 Å². The van der Waals surface area contributed by atoms with Gasteiger partial charge in [0.1, 0.15) is 0 Å². The van der Waals surface area contributed by atoms with Crippen LogP contribution in [0.25, 0.3) is 44.4 Å². The molecule has 0 unspecified atom stereocenters. The van der Waals surface area contributed by atoms with E-state index in [-0.39, 0.29) is 81.7 Å². The number of allylic oxidation sites excluding steroid dienone is 4. The maximum Gasteiger partial charge on any atom is 0.418 e. The van der Waals surface area contributed by atoms with Crippen LogP contribution in [0.2, 0.25) is 0 Å². The molecule has 0 fully saturated rings. The molecule has 5 heterocycles. The maximum absolute atomic E-state index is 14.4. The lowest BCUT2D eigenvalue weighted by atomic mass is 9.98. The van der Waals surface area contributed by atoms with Crippen LogP contribution in [0.5, 0.6) is 0 Å². The Labute approximate surface area is 257 Å². The number of carboxylic acids is 2. The fraction of sp³-hybridized carbons (Fsp3) is 0.312. The topological polar surface area (TPSA) is 132 Å². The van der Waals surface area contributed by atoms with Gasteiger partial charge in [-0.1, -0.05) is 0 Å². The minimum Gasteiger partial charge on any atom is -0.481 e. The number of carboxylic acid groups (broad SMARTS) is 2. The van der Waals surface area contributed by atoms with Crippen molar-refractivity contribution in [3.63, 3.8) is 0 Å². The van der Waals surface area contributed by atoms with E-state index >= 15 is 0 Å². The summed E-state index contributed by atoms with van der Waals surface area (Å²) >= 11 is 0. The molecule has 0 spiro atoms. The lowest BCUT2D eigenvalue weighted by Gasteiger charge is -2.06. The fourth-order valence-electron chi connectivity index (χ4n) is 5.93. The van der Waals surface area contributed by atoms with Crippen LogP contribution in [0.15, 0.2) is 24.3 Å². The van der Waals surface area contributed by atoms with Gasteiger partial charge in [-0.3, -0.25) is 9.59 Å². The van der Waals surface area contributed by atoms with Gasteiger partial charge in [0.25, 0.3) is 0 Å². The standard InChI is InChI=1S/C32H28F6N4O4/c1-13-17(5-7-27(43)44)23-12-24-18(6-8-28(45)46)14(2)20(40-24)11-26-30(32(36,37)38)16(4)22(42-26)9-21-15(3)29(31(33,34)35)25(41-21)10-19(13)39-23/h9-12,41-42H,5-8H2,1-4H3,(H,43,44)(H,45,46). The van der Waals surface area contributed by atoms with Gasteiger partial charge in [-0.05, 0) is 98.2 Å². The summed E-state index contributed by atoms with van der Waals surface area (Å²) in [5, 5.41) is 18.7. The largest absolute Gasteiger partial charge is 0.481 e. The SMILES string of the molecule is CC1=C(CCC(=O)O)c2cc3nc(cc4[nH]c(cc5[nH]c(cc1n2)c(C(F)(F)F)c5C)c(C)c4C(F)(F)F)C(C)=C3CCC(=O)O. The first-order valence-electron chi connectivity index (χ1n) is 14.1. The van der Waals surface area contributed by atoms with E-state index in [0.29, 0.717) is 22.3 Å².